The van der Waals surface area contributed by atoms with Gasteiger partial charge in [0.15, 0.2) is 0 Å². The van der Waals surface area contributed by atoms with E-state index < -0.39 is 22.5 Å². The van der Waals surface area contributed by atoms with Crippen molar-refractivity contribution in [3.63, 3.8) is 0 Å². The molecule has 2 amide bonds. The van der Waals surface area contributed by atoms with Crippen molar-refractivity contribution in [3.05, 3.63) is 76.8 Å². The molecule has 37 heavy (non-hydrogen) atoms. The van der Waals surface area contributed by atoms with Crippen LogP contribution in [0.25, 0.3) is 0 Å². The molecule has 0 atom stereocenters. The normalized spacial score (nSPS) is 11.1. The molecule has 3 aromatic carbocycles. The number of hydrazone groups is 1. The monoisotopic (exact) mass is 588 g/mol. The van der Waals surface area contributed by atoms with E-state index in [2.05, 4.69) is 31.8 Å². The average molecular weight is 589 g/mol. The second-order valence-corrected chi connectivity index (χ2v) is 10.4. The standard InChI is InChI=1S/C25H25BrN4O6S/c1-17(31)28-20-5-11-23(12-6-20)37(33,34)30(21-7-9-22(35-2)10-8-21)16-25(32)29-27-15-18-14-19(26)4-13-24(18)36-3/h4-15H,16H2,1-3H3,(H,28,31)(H,29,32)/b27-15+. The number of nitrogens with one attached hydrogen (secondary N) is 2. The van der Waals surface area contributed by atoms with Crippen molar-refractivity contribution in [1.82, 2.24) is 5.43 Å². The number of carbonyl (C=O) groups excluding carboxylic acids is 2. The van der Waals surface area contributed by atoms with E-state index in [4.69, 9.17) is 9.47 Å². The van der Waals surface area contributed by atoms with Crippen LogP contribution in [0.1, 0.15) is 12.5 Å². The third kappa shape index (κ3) is 7.30. The number of hydrogen-bond acceptors (Lipinski definition) is 7. The van der Waals surface area contributed by atoms with Crippen molar-refractivity contribution >= 4 is 55.4 Å². The van der Waals surface area contributed by atoms with Gasteiger partial charge in [-0.15, -0.1) is 0 Å². The van der Waals surface area contributed by atoms with Crippen LogP contribution in [0, 0.1) is 0 Å². The number of methoxy groups -OCH3 is 2. The summed E-state index contributed by atoms with van der Waals surface area (Å²) in [7, 11) is -1.16. The van der Waals surface area contributed by atoms with Crippen molar-refractivity contribution < 1.29 is 27.5 Å². The molecule has 0 fully saturated rings. The molecule has 0 heterocycles. The lowest BCUT2D eigenvalue weighted by atomic mass is 10.2. The number of anilines is 2. The lowest BCUT2D eigenvalue weighted by Gasteiger charge is -2.24. The molecule has 0 radical (unpaired) electrons. The molecule has 194 valence electrons. The molecule has 0 unspecified atom stereocenters. The maximum Gasteiger partial charge on any atom is 0.264 e. The summed E-state index contributed by atoms with van der Waals surface area (Å²) in [6.45, 7) is 0.804. The Labute approximate surface area is 223 Å². The molecule has 0 spiro atoms. The maximum atomic E-state index is 13.5. The predicted octanol–water partition coefficient (Wildman–Crippen LogP) is 3.77. The second kappa shape index (κ2) is 12.4. The molecular weight excluding hydrogens is 564 g/mol. The molecule has 0 aliphatic rings. The average Bonchev–Trinajstić information content (AvgIpc) is 2.87. The fourth-order valence-corrected chi connectivity index (χ4v) is 5.05. The zero-order chi connectivity index (χ0) is 27.0. The smallest absolute Gasteiger partial charge is 0.264 e. The van der Waals surface area contributed by atoms with E-state index in [1.54, 1.807) is 30.3 Å². The fourth-order valence-electron chi connectivity index (χ4n) is 3.25. The Morgan fingerprint density at radius 2 is 1.68 bits per heavy atom. The highest BCUT2D eigenvalue weighted by Gasteiger charge is 2.27. The van der Waals surface area contributed by atoms with Crippen LogP contribution in [0.3, 0.4) is 0 Å². The van der Waals surface area contributed by atoms with E-state index in [0.717, 1.165) is 8.78 Å². The molecule has 3 rings (SSSR count). The van der Waals surface area contributed by atoms with Crippen molar-refractivity contribution in [2.75, 3.05) is 30.4 Å². The van der Waals surface area contributed by atoms with Crippen LogP contribution >= 0.6 is 15.9 Å². The van der Waals surface area contributed by atoms with Gasteiger partial charge in [0.25, 0.3) is 15.9 Å². The third-order valence-corrected chi connectivity index (χ3v) is 7.28. The number of halogens is 1. The van der Waals surface area contributed by atoms with Crippen LogP contribution in [0.2, 0.25) is 0 Å². The second-order valence-electron chi connectivity index (χ2n) is 7.59. The number of benzene rings is 3. The number of rotatable bonds is 10. The number of ether oxygens (including phenoxy) is 2. The van der Waals surface area contributed by atoms with E-state index in [0.29, 0.717) is 22.7 Å². The first-order valence-corrected chi connectivity index (χ1v) is 13.1. The molecule has 0 aliphatic heterocycles. The van der Waals surface area contributed by atoms with Crippen LogP contribution < -0.4 is 24.5 Å². The van der Waals surface area contributed by atoms with E-state index in [-0.39, 0.29) is 16.5 Å². The van der Waals surface area contributed by atoms with Gasteiger partial charge < -0.3 is 14.8 Å². The van der Waals surface area contributed by atoms with E-state index in [1.165, 1.54) is 63.8 Å². The molecular formula is C25H25BrN4O6S. The number of hydrogen-bond donors (Lipinski definition) is 2. The Balaban J connectivity index is 1.86. The van der Waals surface area contributed by atoms with Gasteiger partial charge in [0.2, 0.25) is 5.91 Å². The van der Waals surface area contributed by atoms with E-state index >= 15 is 0 Å². The summed E-state index contributed by atoms with van der Waals surface area (Å²) < 4.78 is 39.3. The molecule has 0 saturated carbocycles. The van der Waals surface area contributed by atoms with Crippen LogP contribution in [0.5, 0.6) is 11.5 Å². The quantitative estimate of drug-likeness (QED) is 0.274. The minimum absolute atomic E-state index is 0.0624. The largest absolute Gasteiger partial charge is 0.497 e. The topological polar surface area (TPSA) is 126 Å². The SMILES string of the molecule is COc1ccc(N(CC(=O)N/N=C/c2cc(Br)ccc2OC)S(=O)(=O)c2ccc(NC(C)=O)cc2)cc1. The van der Waals surface area contributed by atoms with Gasteiger partial charge in [0.1, 0.15) is 18.0 Å². The molecule has 0 aliphatic carbocycles. The highest BCUT2D eigenvalue weighted by atomic mass is 79.9. The molecule has 12 heteroatoms. The molecule has 0 saturated heterocycles. The predicted molar refractivity (Wildman–Crippen MR) is 145 cm³/mol. The van der Waals surface area contributed by atoms with Gasteiger partial charge in [-0.1, -0.05) is 15.9 Å². The van der Waals surface area contributed by atoms with Gasteiger partial charge in [-0.2, -0.15) is 5.10 Å². The minimum atomic E-state index is -4.17. The van der Waals surface area contributed by atoms with Crippen molar-refractivity contribution in [1.29, 1.82) is 0 Å². The van der Waals surface area contributed by atoms with Crippen molar-refractivity contribution in [2.45, 2.75) is 11.8 Å². The van der Waals surface area contributed by atoms with Gasteiger partial charge in [0.05, 0.1) is 31.0 Å². The lowest BCUT2D eigenvalue weighted by molar-refractivity contribution is -0.119. The summed E-state index contributed by atoms with van der Waals surface area (Å²) in [6.07, 6.45) is 1.40. The van der Waals surface area contributed by atoms with Crippen molar-refractivity contribution in [3.8, 4) is 11.5 Å². The Morgan fingerprint density at radius 3 is 2.27 bits per heavy atom. The summed E-state index contributed by atoms with van der Waals surface area (Å²) in [5.41, 5.74) is 3.66. The van der Waals surface area contributed by atoms with E-state index in [9.17, 15) is 18.0 Å². The molecule has 3 aromatic rings. The zero-order valence-corrected chi connectivity index (χ0v) is 22.7. The minimum Gasteiger partial charge on any atom is -0.497 e. The number of amides is 2. The summed E-state index contributed by atoms with van der Waals surface area (Å²) in [5, 5.41) is 6.54. The number of sulfonamides is 1. The third-order valence-electron chi connectivity index (χ3n) is 4.99. The highest BCUT2D eigenvalue weighted by Crippen LogP contribution is 2.26. The zero-order valence-electron chi connectivity index (χ0n) is 20.3. The van der Waals surface area contributed by atoms with Crippen LogP contribution in [-0.2, 0) is 19.6 Å². The summed E-state index contributed by atoms with van der Waals surface area (Å²) >= 11 is 3.37. The number of carbonyl (C=O) groups is 2. The Hall–Kier alpha value is -3.90. The lowest BCUT2D eigenvalue weighted by Crippen LogP contribution is -2.39. The van der Waals surface area contributed by atoms with Crippen LogP contribution in [0.15, 0.2) is 81.2 Å². The Kier molecular flexibility index (Phi) is 9.25. The van der Waals surface area contributed by atoms with Gasteiger partial charge in [-0.05, 0) is 66.7 Å². The Bertz CT molecular complexity index is 1390. The highest BCUT2D eigenvalue weighted by molar-refractivity contribution is 9.10. The first-order chi connectivity index (χ1) is 17.6. The molecule has 0 bridgehead atoms. The van der Waals surface area contributed by atoms with Crippen LogP contribution in [-0.4, -0.2) is 47.2 Å². The van der Waals surface area contributed by atoms with Crippen molar-refractivity contribution in [2.24, 2.45) is 5.10 Å². The first kappa shape index (κ1) is 27.7. The van der Waals surface area contributed by atoms with Crippen LogP contribution in [0.4, 0.5) is 11.4 Å². The summed E-state index contributed by atoms with van der Waals surface area (Å²) in [4.78, 5) is 24.0. The number of nitrogens with zero attached hydrogens (tertiary/aromatic N) is 2. The fraction of sp³-hybridized carbons (Fsp3) is 0.160. The van der Waals surface area contributed by atoms with Gasteiger partial charge in [-0.25, -0.2) is 13.8 Å². The Morgan fingerprint density at radius 1 is 1.00 bits per heavy atom. The molecule has 10 nitrogen and oxygen atoms in total. The molecule has 0 aromatic heterocycles. The maximum absolute atomic E-state index is 13.5. The first-order valence-electron chi connectivity index (χ1n) is 10.8. The van der Waals surface area contributed by atoms with Gasteiger partial charge in [-0.3, -0.25) is 13.9 Å². The van der Waals surface area contributed by atoms with Gasteiger partial charge >= 0.3 is 0 Å². The molecule has 2 N–H and O–H groups in total. The summed E-state index contributed by atoms with van der Waals surface area (Å²) in [5.74, 6) is 0.122. The van der Waals surface area contributed by atoms with E-state index in [1.807, 2.05) is 0 Å². The summed E-state index contributed by atoms with van der Waals surface area (Å²) in [6, 6.07) is 17.2. The van der Waals surface area contributed by atoms with Gasteiger partial charge in [0, 0.05) is 22.6 Å².